The number of hydrogen-bond acceptors (Lipinski definition) is 8. The van der Waals surface area contributed by atoms with Crippen molar-refractivity contribution in [1.29, 1.82) is 0 Å². The van der Waals surface area contributed by atoms with Crippen LogP contribution < -0.4 is 14.5 Å². The smallest absolute Gasteiger partial charge is 0.238 e. The summed E-state index contributed by atoms with van der Waals surface area (Å²) in [5, 5.41) is 11.3. The zero-order valence-corrected chi connectivity index (χ0v) is 25.9. The molecule has 1 N–H and O–H groups in total. The number of anilines is 2. The molecule has 9 nitrogen and oxygen atoms in total. The number of allylic oxidation sites excluding steroid dienone is 6. The topological polar surface area (TPSA) is 113 Å². The van der Waals surface area contributed by atoms with Gasteiger partial charge in [-0.05, 0) is 68.2 Å². The van der Waals surface area contributed by atoms with E-state index in [4.69, 9.17) is 9.47 Å². The van der Waals surface area contributed by atoms with E-state index in [1.807, 2.05) is 18.2 Å². The van der Waals surface area contributed by atoms with Crippen molar-refractivity contribution in [3.8, 4) is 11.5 Å². The SMILES string of the molecule is COc1cc(Br)cc([C@H]2C3=CC[C@@H]4C(=O)N(c5ccc(N6CCOCC6)cc5)C(=O)[C@@H]4[C@@H]3CC3=C2C(=O)C(C)=CC3=O)c1O. The second kappa shape index (κ2) is 10.9. The molecule has 3 aliphatic carbocycles. The summed E-state index contributed by atoms with van der Waals surface area (Å²) in [4.78, 5) is 58.6. The second-order valence-corrected chi connectivity index (χ2v) is 12.8. The summed E-state index contributed by atoms with van der Waals surface area (Å²) in [6.07, 6.45) is 3.76. The highest BCUT2D eigenvalue weighted by atomic mass is 79.9. The molecule has 2 aliphatic heterocycles. The summed E-state index contributed by atoms with van der Waals surface area (Å²) in [6, 6.07) is 10.8. The number of Topliss-reactive ketones (excluding diaryl/α,β-unsaturated/α-hetero) is 1. The van der Waals surface area contributed by atoms with Crippen molar-refractivity contribution in [2.24, 2.45) is 17.8 Å². The minimum absolute atomic E-state index is 0.139. The number of phenols is 1. The number of ketones is 2. The van der Waals surface area contributed by atoms with E-state index in [1.54, 1.807) is 31.2 Å². The Labute approximate surface area is 262 Å². The number of imide groups is 1. The Balaban J connectivity index is 1.29. The van der Waals surface area contributed by atoms with Gasteiger partial charge >= 0.3 is 0 Å². The van der Waals surface area contributed by atoms with Crippen LogP contribution in [0, 0.1) is 17.8 Å². The Morgan fingerprint density at radius 3 is 2.39 bits per heavy atom. The Hall–Kier alpha value is -4.02. The summed E-state index contributed by atoms with van der Waals surface area (Å²) in [5.41, 5.74) is 3.66. The quantitative estimate of drug-likeness (QED) is 0.287. The molecule has 0 radical (unpaired) electrons. The van der Waals surface area contributed by atoms with Crippen LogP contribution >= 0.6 is 15.9 Å². The van der Waals surface area contributed by atoms with E-state index < -0.39 is 23.7 Å². The van der Waals surface area contributed by atoms with E-state index >= 15 is 0 Å². The average Bonchev–Trinajstić information content (AvgIpc) is 3.29. The van der Waals surface area contributed by atoms with Gasteiger partial charge in [-0.1, -0.05) is 27.6 Å². The maximum absolute atomic E-state index is 14.2. The number of fused-ring (bicyclic) bond motifs is 3. The van der Waals surface area contributed by atoms with Crippen molar-refractivity contribution in [3.63, 3.8) is 0 Å². The number of halogens is 1. The maximum atomic E-state index is 14.2. The molecule has 0 unspecified atom stereocenters. The van der Waals surface area contributed by atoms with Gasteiger partial charge in [0.1, 0.15) is 0 Å². The molecule has 226 valence electrons. The van der Waals surface area contributed by atoms with Crippen LogP contribution in [0.25, 0.3) is 0 Å². The second-order valence-electron chi connectivity index (χ2n) is 11.9. The number of carbonyl (C=O) groups is 4. The number of hydrogen-bond donors (Lipinski definition) is 1. The molecular formula is C34H31BrN2O7. The predicted molar refractivity (Wildman–Crippen MR) is 166 cm³/mol. The number of benzene rings is 2. The minimum atomic E-state index is -0.777. The van der Waals surface area contributed by atoms with Crippen LogP contribution in [0.4, 0.5) is 11.4 Å². The lowest BCUT2D eigenvalue weighted by atomic mass is 9.59. The van der Waals surface area contributed by atoms with E-state index in [2.05, 4.69) is 20.8 Å². The van der Waals surface area contributed by atoms with Gasteiger partial charge < -0.3 is 19.5 Å². The van der Waals surface area contributed by atoms with Crippen LogP contribution in [0.3, 0.4) is 0 Å². The average molecular weight is 660 g/mol. The third kappa shape index (κ3) is 4.37. The fraction of sp³-hybridized carbons (Fsp3) is 0.353. The van der Waals surface area contributed by atoms with Crippen molar-refractivity contribution >= 4 is 50.7 Å². The van der Waals surface area contributed by atoms with Gasteiger partial charge in [0.25, 0.3) is 0 Å². The number of ether oxygens (including phenoxy) is 2. The van der Waals surface area contributed by atoms with Gasteiger partial charge in [-0.25, -0.2) is 0 Å². The summed E-state index contributed by atoms with van der Waals surface area (Å²) >= 11 is 3.49. The lowest BCUT2D eigenvalue weighted by molar-refractivity contribution is -0.123. The number of nitrogens with zero attached hydrogens (tertiary/aromatic N) is 2. The molecule has 0 aromatic heterocycles. The molecule has 0 saturated carbocycles. The fourth-order valence-corrected chi connectivity index (χ4v) is 8.03. The molecule has 0 bridgehead atoms. The Morgan fingerprint density at radius 1 is 0.977 bits per heavy atom. The normalized spacial score (nSPS) is 26.7. The molecule has 44 heavy (non-hydrogen) atoms. The van der Waals surface area contributed by atoms with Gasteiger partial charge in [0.2, 0.25) is 11.8 Å². The van der Waals surface area contributed by atoms with E-state index in [0.717, 1.165) is 24.4 Å². The molecule has 2 aromatic carbocycles. The standard InChI is InChI=1S/C34H31BrN2O7/c1-17-13-26(38)24-16-23-21(28(30(24)31(17)39)25-14-18(35)15-27(43-2)32(25)40)7-8-22-29(23)34(42)37(33(22)41)20-5-3-19(4-6-20)36-9-11-44-12-10-36/h3-7,13-15,22-23,28-29,40H,8-12,16H2,1-2H3/t22-,23+,28+,29-/m0/s1. The number of methoxy groups -OCH3 is 1. The lowest BCUT2D eigenvalue weighted by Gasteiger charge is -2.42. The Bertz CT molecular complexity index is 1720. The van der Waals surface area contributed by atoms with Crippen molar-refractivity contribution in [2.45, 2.75) is 25.7 Å². The van der Waals surface area contributed by atoms with Crippen LogP contribution in [-0.2, 0) is 23.9 Å². The maximum Gasteiger partial charge on any atom is 0.238 e. The minimum Gasteiger partial charge on any atom is -0.504 e. The summed E-state index contributed by atoms with van der Waals surface area (Å²) in [5.74, 6) is -3.61. The van der Waals surface area contributed by atoms with E-state index in [9.17, 15) is 24.3 Å². The first-order chi connectivity index (χ1) is 21.2. The molecule has 2 saturated heterocycles. The number of amides is 2. The molecule has 0 spiro atoms. The van der Waals surface area contributed by atoms with Crippen molar-refractivity contribution in [2.75, 3.05) is 43.2 Å². The molecule has 2 heterocycles. The van der Waals surface area contributed by atoms with Gasteiger partial charge in [-0.15, -0.1) is 0 Å². The molecular weight excluding hydrogens is 628 g/mol. The van der Waals surface area contributed by atoms with Crippen LogP contribution in [0.15, 0.2) is 75.3 Å². The number of morpholine rings is 1. The van der Waals surface area contributed by atoms with E-state index in [-0.39, 0.29) is 41.3 Å². The highest BCUT2D eigenvalue weighted by molar-refractivity contribution is 9.10. The van der Waals surface area contributed by atoms with Crippen molar-refractivity contribution in [3.05, 3.63) is 80.9 Å². The van der Waals surface area contributed by atoms with Gasteiger partial charge in [0, 0.05) is 51.5 Å². The van der Waals surface area contributed by atoms with E-state index in [1.165, 1.54) is 18.1 Å². The number of rotatable bonds is 4. The molecule has 2 aromatic rings. The largest absolute Gasteiger partial charge is 0.504 e. The lowest BCUT2D eigenvalue weighted by Crippen LogP contribution is -2.40. The van der Waals surface area contributed by atoms with Crippen molar-refractivity contribution < 1.29 is 33.8 Å². The summed E-state index contributed by atoms with van der Waals surface area (Å²) in [6.45, 7) is 4.46. The van der Waals surface area contributed by atoms with Crippen LogP contribution in [-0.4, -0.2) is 61.9 Å². The summed E-state index contributed by atoms with van der Waals surface area (Å²) in [7, 11) is 1.44. The van der Waals surface area contributed by atoms with E-state index in [0.29, 0.717) is 52.1 Å². The highest BCUT2D eigenvalue weighted by Crippen LogP contribution is 2.57. The number of phenolic OH excluding ortho intramolecular Hbond substituents is 1. The molecule has 2 fully saturated rings. The van der Waals surface area contributed by atoms with Crippen LogP contribution in [0.2, 0.25) is 0 Å². The van der Waals surface area contributed by atoms with Gasteiger partial charge in [-0.3, -0.25) is 24.1 Å². The zero-order valence-electron chi connectivity index (χ0n) is 24.3. The molecule has 4 atom stereocenters. The zero-order chi connectivity index (χ0) is 30.9. The first-order valence-electron chi connectivity index (χ1n) is 14.8. The third-order valence-corrected chi connectivity index (χ3v) is 10.1. The Morgan fingerprint density at radius 2 is 1.68 bits per heavy atom. The fourth-order valence-electron chi connectivity index (χ4n) is 7.58. The molecule has 10 heteroatoms. The third-order valence-electron chi connectivity index (χ3n) is 9.65. The van der Waals surface area contributed by atoms with Gasteiger partial charge in [0.15, 0.2) is 23.1 Å². The predicted octanol–water partition coefficient (Wildman–Crippen LogP) is 4.63. The van der Waals surface area contributed by atoms with Crippen LogP contribution in [0.1, 0.15) is 31.2 Å². The molecule has 2 amide bonds. The highest BCUT2D eigenvalue weighted by Gasteiger charge is 2.57. The number of aromatic hydroxyl groups is 1. The monoisotopic (exact) mass is 658 g/mol. The first kappa shape index (κ1) is 28.7. The molecule has 7 rings (SSSR count). The summed E-state index contributed by atoms with van der Waals surface area (Å²) < 4.78 is 11.5. The Kier molecular flexibility index (Phi) is 7.09. The van der Waals surface area contributed by atoms with Gasteiger partial charge in [-0.2, -0.15) is 0 Å². The van der Waals surface area contributed by atoms with Crippen molar-refractivity contribution in [1.82, 2.24) is 0 Å². The number of carbonyl (C=O) groups excluding carboxylic acids is 4. The first-order valence-corrected chi connectivity index (χ1v) is 15.6. The van der Waals surface area contributed by atoms with Crippen LogP contribution in [0.5, 0.6) is 11.5 Å². The molecule has 5 aliphatic rings. The van der Waals surface area contributed by atoms with Gasteiger partial charge in [0.05, 0.1) is 37.8 Å².